The normalized spacial score (nSPS) is 15.2. The second-order valence-corrected chi connectivity index (χ2v) is 4.96. The summed E-state index contributed by atoms with van der Waals surface area (Å²) in [5, 5.41) is 12.8. The largest absolute Gasteiger partial charge is 0.476 e. The zero-order chi connectivity index (χ0) is 15.2. The zero-order valence-corrected chi connectivity index (χ0v) is 10.8. The molecule has 21 heavy (non-hydrogen) atoms. The average Bonchev–Trinajstić information content (AvgIpc) is 3.16. The predicted molar refractivity (Wildman–Crippen MR) is 67.5 cm³/mol. The van der Waals surface area contributed by atoms with Crippen molar-refractivity contribution in [2.45, 2.75) is 24.9 Å². The maximum absolute atomic E-state index is 13.1. The van der Waals surface area contributed by atoms with E-state index in [2.05, 4.69) is 5.10 Å². The lowest BCUT2D eigenvalue weighted by Crippen LogP contribution is -2.13. The molecule has 0 atom stereocenters. The van der Waals surface area contributed by atoms with Gasteiger partial charge in [0.05, 0.1) is 11.3 Å². The first-order valence-corrected chi connectivity index (χ1v) is 6.38. The number of alkyl halides is 3. The molecule has 1 N–H and O–H groups in total. The van der Waals surface area contributed by atoms with E-state index in [4.69, 9.17) is 5.11 Å². The van der Waals surface area contributed by atoms with E-state index in [0.29, 0.717) is 5.69 Å². The summed E-state index contributed by atoms with van der Waals surface area (Å²) in [5.74, 6) is -1.17. The Balaban J connectivity index is 2.19. The first kappa shape index (κ1) is 13.7. The summed E-state index contributed by atoms with van der Waals surface area (Å²) in [6.45, 7) is 0. The highest BCUT2D eigenvalue weighted by atomic mass is 19.4. The molecule has 1 fully saturated rings. The number of rotatable bonds is 3. The van der Waals surface area contributed by atoms with Crippen molar-refractivity contribution in [3.63, 3.8) is 0 Å². The Morgan fingerprint density at radius 1 is 1.29 bits per heavy atom. The molecule has 0 bridgehead atoms. The third kappa shape index (κ3) is 2.51. The molecular weight excluding hydrogens is 285 g/mol. The molecule has 0 radical (unpaired) electrons. The van der Waals surface area contributed by atoms with Crippen LogP contribution in [0.5, 0.6) is 0 Å². The monoisotopic (exact) mass is 296 g/mol. The van der Waals surface area contributed by atoms with Crippen LogP contribution in [0.2, 0.25) is 0 Å². The fraction of sp³-hybridized carbons (Fsp3) is 0.286. The number of hydrogen-bond acceptors (Lipinski definition) is 2. The van der Waals surface area contributed by atoms with Gasteiger partial charge in [-0.3, -0.25) is 0 Å². The van der Waals surface area contributed by atoms with Crippen LogP contribution < -0.4 is 0 Å². The second kappa shape index (κ2) is 4.61. The summed E-state index contributed by atoms with van der Waals surface area (Å²) < 4.78 is 40.4. The van der Waals surface area contributed by atoms with Gasteiger partial charge in [-0.1, -0.05) is 12.1 Å². The first-order chi connectivity index (χ1) is 9.88. The van der Waals surface area contributed by atoms with Gasteiger partial charge < -0.3 is 5.11 Å². The van der Waals surface area contributed by atoms with Gasteiger partial charge in [0.2, 0.25) is 0 Å². The average molecular weight is 296 g/mol. The van der Waals surface area contributed by atoms with E-state index in [1.165, 1.54) is 24.3 Å². The molecule has 2 aromatic rings. The van der Waals surface area contributed by atoms with E-state index in [1.807, 2.05) is 0 Å². The van der Waals surface area contributed by atoms with Crippen molar-refractivity contribution in [2.75, 3.05) is 0 Å². The Morgan fingerprint density at radius 3 is 2.52 bits per heavy atom. The Labute approximate surface area is 117 Å². The molecule has 1 saturated carbocycles. The third-order valence-corrected chi connectivity index (χ3v) is 3.39. The Kier molecular flexibility index (Phi) is 3.00. The lowest BCUT2D eigenvalue weighted by Gasteiger charge is -2.14. The first-order valence-electron chi connectivity index (χ1n) is 6.38. The molecule has 110 valence electrons. The van der Waals surface area contributed by atoms with Crippen LogP contribution in [-0.2, 0) is 6.18 Å². The van der Waals surface area contributed by atoms with Crippen molar-refractivity contribution in [1.29, 1.82) is 0 Å². The molecule has 4 nitrogen and oxygen atoms in total. The third-order valence-electron chi connectivity index (χ3n) is 3.39. The minimum atomic E-state index is -4.52. The van der Waals surface area contributed by atoms with Crippen molar-refractivity contribution in [3.05, 3.63) is 47.3 Å². The van der Waals surface area contributed by atoms with Gasteiger partial charge in [-0.05, 0) is 31.0 Å². The van der Waals surface area contributed by atoms with Crippen LogP contribution in [0.15, 0.2) is 30.3 Å². The molecule has 1 aromatic carbocycles. The fourth-order valence-corrected chi connectivity index (χ4v) is 2.26. The maximum atomic E-state index is 13.1. The molecule has 0 unspecified atom stereocenters. The molecule has 0 spiro atoms. The van der Waals surface area contributed by atoms with Gasteiger partial charge in [-0.15, -0.1) is 0 Å². The van der Waals surface area contributed by atoms with Crippen LogP contribution in [0.25, 0.3) is 5.69 Å². The smallest absolute Gasteiger partial charge is 0.418 e. The lowest BCUT2D eigenvalue weighted by molar-refractivity contribution is -0.137. The van der Waals surface area contributed by atoms with Gasteiger partial charge in [-0.25, -0.2) is 9.48 Å². The highest BCUT2D eigenvalue weighted by molar-refractivity contribution is 5.85. The van der Waals surface area contributed by atoms with Crippen LogP contribution >= 0.6 is 0 Å². The van der Waals surface area contributed by atoms with Crippen molar-refractivity contribution in [1.82, 2.24) is 9.78 Å². The minimum absolute atomic E-state index is 0.0758. The van der Waals surface area contributed by atoms with Crippen molar-refractivity contribution >= 4 is 5.97 Å². The van der Waals surface area contributed by atoms with Gasteiger partial charge in [0.1, 0.15) is 0 Å². The predicted octanol–water partition coefficient (Wildman–Crippen LogP) is 3.47. The van der Waals surface area contributed by atoms with Crippen LogP contribution in [0.4, 0.5) is 13.2 Å². The van der Waals surface area contributed by atoms with Crippen molar-refractivity contribution in [2.24, 2.45) is 0 Å². The minimum Gasteiger partial charge on any atom is -0.476 e. The van der Waals surface area contributed by atoms with Crippen LogP contribution in [0.1, 0.15) is 40.5 Å². The highest BCUT2D eigenvalue weighted by Crippen LogP contribution is 2.42. The van der Waals surface area contributed by atoms with Crippen molar-refractivity contribution < 1.29 is 23.1 Å². The van der Waals surface area contributed by atoms with Gasteiger partial charge in [0, 0.05) is 11.6 Å². The summed E-state index contributed by atoms with van der Waals surface area (Å²) in [7, 11) is 0. The molecule has 0 amide bonds. The number of benzene rings is 1. The summed E-state index contributed by atoms with van der Waals surface area (Å²) in [6, 6.07) is 6.39. The molecule has 1 aromatic heterocycles. The van der Waals surface area contributed by atoms with Crippen LogP contribution in [0.3, 0.4) is 0 Å². The molecular formula is C14H11F3N2O2. The standard InChI is InChI=1S/C14H11F3N2O2/c15-14(16,17)9-3-1-2-4-11(9)19-12(8-5-6-8)7-10(18-19)13(20)21/h1-4,7-8H,5-6H2,(H,20,21). The number of halogens is 3. The highest BCUT2D eigenvalue weighted by Gasteiger charge is 2.36. The van der Waals surface area contributed by atoms with Gasteiger partial charge in [0.15, 0.2) is 5.69 Å². The van der Waals surface area contributed by atoms with Gasteiger partial charge in [-0.2, -0.15) is 18.3 Å². The van der Waals surface area contributed by atoms with Crippen LogP contribution in [-0.4, -0.2) is 20.9 Å². The quantitative estimate of drug-likeness (QED) is 0.943. The zero-order valence-electron chi connectivity index (χ0n) is 10.8. The molecule has 0 saturated heterocycles. The number of carboxylic acid groups (broad SMARTS) is 1. The number of carboxylic acids is 1. The Hall–Kier alpha value is -2.31. The Morgan fingerprint density at radius 2 is 1.95 bits per heavy atom. The molecule has 0 aliphatic heterocycles. The molecule has 3 rings (SSSR count). The molecule has 1 heterocycles. The van der Waals surface area contributed by atoms with E-state index >= 15 is 0 Å². The number of aromatic carboxylic acids is 1. The Bertz CT molecular complexity index is 702. The van der Waals surface area contributed by atoms with E-state index in [0.717, 1.165) is 23.6 Å². The number of para-hydroxylation sites is 1. The molecule has 7 heteroatoms. The molecule has 1 aliphatic carbocycles. The van der Waals surface area contributed by atoms with Gasteiger partial charge >= 0.3 is 12.1 Å². The van der Waals surface area contributed by atoms with E-state index in [1.54, 1.807) is 0 Å². The topological polar surface area (TPSA) is 55.1 Å². The van der Waals surface area contributed by atoms with Crippen LogP contribution in [0, 0.1) is 0 Å². The molecule has 1 aliphatic rings. The maximum Gasteiger partial charge on any atom is 0.418 e. The number of hydrogen-bond donors (Lipinski definition) is 1. The SMILES string of the molecule is O=C(O)c1cc(C2CC2)n(-c2ccccc2C(F)(F)F)n1. The number of carbonyl (C=O) groups is 1. The fourth-order valence-electron chi connectivity index (χ4n) is 2.26. The summed E-state index contributed by atoms with van der Waals surface area (Å²) in [6.07, 6.45) is -2.86. The summed E-state index contributed by atoms with van der Waals surface area (Å²) in [4.78, 5) is 11.0. The van der Waals surface area contributed by atoms with E-state index < -0.39 is 17.7 Å². The van der Waals surface area contributed by atoms with E-state index in [9.17, 15) is 18.0 Å². The lowest BCUT2D eigenvalue weighted by atomic mass is 10.1. The number of nitrogens with zero attached hydrogens (tertiary/aromatic N) is 2. The number of aromatic nitrogens is 2. The van der Waals surface area contributed by atoms with Gasteiger partial charge in [0.25, 0.3) is 0 Å². The van der Waals surface area contributed by atoms with Crippen molar-refractivity contribution in [3.8, 4) is 5.69 Å². The second-order valence-electron chi connectivity index (χ2n) is 4.96. The summed E-state index contributed by atoms with van der Waals surface area (Å²) >= 11 is 0. The van der Waals surface area contributed by atoms with E-state index in [-0.39, 0.29) is 17.3 Å². The summed E-state index contributed by atoms with van der Waals surface area (Å²) in [5.41, 5.74) is -0.690.